The number of nitrogens with one attached hydrogen (secondary N) is 1. The van der Waals surface area contributed by atoms with Crippen molar-refractivity contribution in [2.24, 2.45) is 0 Å². The minimum absolute atomic E-state index is 0.0324. The van der Waals surface area contributed by atoms with Gasteiger partial charge in [0.25, 0.3) is 0 Å². The Hall–Kier alpha value is -0.930. The third kappa shape index (κ3) is 2.36. The summed E-state index contributed by atoms with van der Waals surface area (Å²) in [5, 5.41) is 3.39. The van der Waals surface area contributed by atoms with Crippen molar-refractivity contribution in [1.82, 2.24) is 10.2 Å². The van der Waals surface area contributed by atoms with Crippen molar-refractivity contribution in [3.63, 3.8) is 0 Å². The Labute approximate surface area is 90.1 Å². The highest BCUT2D eigenvalue weighted by molar-refractivity contribution is 5.20. The average Bonchev–Trinajstić information content (AvgIpc) is 2.30. The second-order valence-electron chi connectivity index (χ2n) is 4.12. The zero-order valence-electron chi connectivity index (χ0n) is 8.99. The summed E-state index contributed by atoms with van der Waals surface area (Å²) >= 11 is 0. The molecule has 0 amide bonds. The van der Waals surface area contributed by atoms with Crippen molar-refractivity contribution < 1.29 is 4.39 Å². The Kier molecular flexibility index (Phi) is 3.34. The molecule has 1 aliphatic rings. The summed E-state index contributed by atoms with van der Waals surface area (Å²) in [6.07, 6.45) is 0. The fraction of sp³-hybridized carbons (Fsp3) is 0.500. The monoisotopic (exact) mass is 208 g/mol. The molecule has 2 rings (SSSR count). The van der Waals surface area contributed by atoms with Gasteiger partial charge in [-0.05, 0) is 12.6 Å². The molecule has 3 heteroatoms. The third-order valence-corrected chi connectivity index (χ3v) is 3.07. The zero-order valence-corrected chi connectivity index (χ0v) is 8.99. The molecule has 0 aromatic heterocycles. The first-order chi connectivity index (χ1) is 7.31. The maximum atomic E-state index is 12.6. The molecule has 1 aromatic carbocycles. The largest absolute Gasteiger partial charge is 0.307 e. The first kappa shape index (κ1) is 10.6. The summed E-state index contributed by atoms with van der Waals surface area (Å²) in [6, 6.07) is 10.7. The summed E-state index contributed by atoms with van der Waals surface area (Å²) in [6.45, 7) is 1.33. The lowest BCUT2D eigenvalue weighted by atomic mass is 10.0. The van der Waals surface area contributed by atoms with Crippen LogP contribution in [-0.4, -0.2) is 37.8 Å². The summed E-state index contributed by atoms with van der Waals surface area (Å²) in [4.78, 5) is 2.09. The second-order valence-corrected chi connectivity index (χ2v) is 4.12. The van der Waals surface area contributed by atoms with Gasteiger partial charge in [-0.2, -0.15) is 0 Å². The van der Waals surface area contributed by atoms with Crippen LogP contribution in [0.15, 0.2) is 30.3 Å². The van der Waals surface area contributed by atoms with Crippen LogP contribution in [-0.2, 0) is 0 Å². The molecule has 0 bridgehead atoms. The van der Waals surface area contributed by atoms with Gasteiger partial charge in [0.1, 0.15) is 6.67 Å². The van der Waals surface area contributed by atoms with Crippen LogP contribution in [0.1, 0.15) is 11.6 Å². The van der Waals surface area contributed by atoms with Crippen LogP contribution >= 0.6 is 0 Å². The molecule has 1 saturated heterocycles. The van der Waals surface area contributed by atoms with Crippen LogP contribution in [0.3, 0.4) is 0 Å². The fourth-order valence-corrected chi connectivity index (χ4v) is 2.02. The number of halogens is 1. The number of piperazine rings is 1. The molecule has 82 valence electrons. The van der Waals surface area contributed by atoms with E-state index in [0.717, 1.165) is 13.1 Å². The minimum Gasteiger partial charge on any atom is -0.307 e. The van der Waals surface area contributed by atoms with Crippen molar-refractivity contribution in [3.05, 3.63) is 35.9 Å². The van der Waals surface area contributed by atoms with E-state index in [1.165, 1.54) is 5.56 Å². The highest BCUT2D eigenvalue weighted by Crippen LogP contribution is 2.18. The van der Waals surface area contributed by atoms with E-state index in [4.69, 9.17) is 0 Å². The Morgan fingerprint density at radius 1 is 1.40 bits per heavy atom. The van der Waals surface area contributed by atoms with Crippen LogP contribution in [0.4, 0.5) is 4.39 Å². The van der Waals surface area contributed by atoms with Gasteiger partial charge in [0.15, 0.2) is 0 Å². The van der Waals surface area contributed by atoms with E-state index in [9.17, 15) is 4.39 Å². The highest BCUT2D eigenvalue weighted by Gasteiger charge is 2.25. The lowest BCUT2D eigenvalue weighted by Crippen LogP contribution is -2.51. The molecule has 0 radical (unpaired) electrons. The molecular formula is C12H17FN2. The van der Waals surface area contributed by atoms with E-state index >= 15 is 0 Å². The van der Waals surface area contributed by atoms with Crippen LogP contribution in [0, 0.1) is 0 Å². The first-order valence-electron chi connectivity index (χ1n) is 5.36. The summed E-state index contributed by atoms with van der Waals surface area (Å²) in [5.41, 5.74) is 1.28. The summed E-state index contributed by atoms with van der Waals surface area (Å²) in [5.74, 6) is 0. The molecule has 2 atom stereocenters. The number of hydrogen-bond acceptors (Lipinski definition) is 2. The van der Waals surface area contributed by atoms with E-state index in [1.54, 1.807) is 0 Å². The molecule has 15 heavy (non-hydrogen) atoms. The standard InChI is InChI=1S/C12H17FN2/c1-15-9-12(14-8-11(15)7-13)10-5-3-2-4-6-10/h2-6,11-12,14H,7-9H2,1H3. The summed E-state index contributed by atoms with van der Waals surface area (Å²) in [7, 11) is 1.99. The third-order valence-electron chi connectivity index (χ3n) is 3.07. The molecular weight excluding hydrogens is 191 g/mol. The smallest absolute Gasteiger partial charge is 0.106 e. The molecule has 0 aliphatic carbocycles. The Morgan fingerprint density at radius 3 is 2.73 bits per heavy atom. The molecule has 1 heterocycles. The minimum atomic E-state index is -0.273. The van der Waals surface area contributed by atoms with E-state index in [0.29, 0.717) is 6.04 Å². The van der Waals surface area contributed by atoms with Crippen molar-refractivity contribution in [2.75, 3.05) is 26.8 Å². The summed E-state index contributed by atoms with van der Waals surface area (Å²) < 4.78 is 12.6. The number of nitrogens with zero attached hydrogens (tertiary/aromatic N) is 1. The van der Waals surface area contributed by atoms with E-state index in [-0.39, 0.29) is 12.7 Å². The molecule has 0 spiro atoms. The average molecular weight is 208 g/mol. The van der Waals surface area contributed by atoms with Gasteiger partial charge in [-0.3, -0.25) is 4.90 Å². The SMILES string of the molecule is CN1CC(c2ccccc2)NCC1CF. The van der Waals surface area contributed by atoms with Gasteiger partial charge in [0.2, 0.25) is 0 Å². The highest BCUT2D eigenvalue weighted by atomic mass is 19.1. The van der Waals surface area contributed by atoms with Gasteiger partial charge in [-0.15, -0.1) is 0 Å². The van der Waals surface area contributed by atoms with Gasteiger partial charge in [-0.25, -0.2) is 4.39 Å². The van der Waals surface area contributed by atoms with Crippen molar-refractivity contribution >= 4 is 0 Å². The lowest BCUT2D eigenvalue weighted by molar-refractivity contribution is 0.138. The van der Waals surface area contributed by atoms with E-state index in [1.807, 2.05) is 25.2 Å². The first-order valence-corrected chi connectivity index (χ1v) is 5.36. The molecule has 1 aliphatic heterocycles. The maximum absolute atomic E-state index is 12.6. The Morgan fingerprint density at radius 2 is 2.13 bits per heavy atom. The Balaban J connectivity index is 2.03. The topological polar surface area (TPSA) is 15.3 Å². The second kappa shape index (κ2) is 4.73. The molecule has 1 N–H and O–H groups in total. The predicted molar refractivity (Wildman–Crippen MR) is 59.6 cm³/mol. The number of alkyl halides is 1. The predicted octanol–water partition coefficient (Wildman–Crippen LogP) is 1.60. The number of benzene rings is 1. The number of hydrogen-bond donors (Lipinski definition) is 1. The van der Waals surface area contributed by atoms with Crippen molar-refractivity contribution in [1.29, 1.82) is 0 Å². The fourth-order valence-electron chi connectivity index (χ4n) is 2.02. The zero-order chi connectivity index (χ0) is 10.7. The van der Waals surface area contributed by atoms with Crippen LogP contribution in [0.5, 0.6) is 0 Å². The van der Waals surface area contributed by atoms with Crippen LogP contribution < -0.4 is 5.32 Å². The maximum Gasteiger partial charge on any atom is 0.106 e. The van der Waals surface area contributed by atoms with Gasteiger partial charge in [-0.1, -0.05) is 30.3 Å². The molecule has 0 saturated carbocycles. The molecule has 2 nitrogen and oxygen atoms in total. The van der Waals surface area contributed by atoms with Gasteiger partial charge >= 0.3 is 0 Å². The number of rotatable bonds is 2. The van der Waals surface area contributed by atoms with E-state index in [2.05, 4.69) is 22.3 Å². The normalized spacial score (nSPS) is 27.9. The van der Waals surface area contributed by atoms with Crippen LogP contribution in [0.25, 0.3) is 0 Å². The molecule has 1 aromatic rings. The number of likely N-dealkylation sites (N-methyl/N-ethyl adjacent to an activating group) is 1. The van der Waals surface area contributed by atoms with Crippen molar-refractivity contribution in [3.8, 4) is 0 Å². The Bertz CT molecular complexity index is 302. The quantitative estimate of drug-likeness (QED) is 0.794. The van der Waals surface area contributed by atoms with Crippen LogP contribution in [0.2, 0.25) is 0 Å². The molecule has 2 unspecified atom stereocenters. The molecule has 1 fully saturated rings. The van der Waals surface area contributed by atoms with Gasteiger partial charge < -0.3 is 5.32 Å². The van der Waals surface area contributed by atoms with Gasteiger partial charge in [0, 0.05) is 19.1 Å². The lowest BCUT2D eigenvalue weighted by Gasteiger charge is -2.36. The van der Waals surface area contributed by atoms with Crippen molar-refractivity contribution in [2.45, 2.75) is 12.1 Å². The van der Waals surface area contributed by atoms with Gasteiger partial charge in [0.05, 0.1) is 6.04 Å². The van der Waals surface area contributed by atoms with E-state index < -0.39 is 0 Å².